The Bertz CT molecular complexity index is 1030. The third-order valence-corrected chi connectivity index (χ3v) is 4.49. The van der Waals surface area contributed by atoms with Gasteiger partial charge in [-0.1, -0.05) is 36.4 Å². The van der Waals surface area contributed by atoms with Crippen LogP contribution in [0.5, 0.6) is 0 Å². The molecule has 1 aromatic heterocycles. The minimum absolute atomic E-state index is 0.0915. The molecule has 0 aliphatic carbocycles. The molecule has 1 aliphatic rings. The second-order valence-electron chi connectivity index (χ2n) is 6.55. The zero-order valence-electron chi connectivity index (χ0n) is 13.6. The number of aromatic nitrogens is 2. The van der Waals surface area contributed by atoms with Crippen LogP contribution in [0.25, 0.3) is 10.9 Å². The molecule has 0 saturated carbocycles. The summed E-state index contributed by atoms with van der Waals surface area (Å²) in [4.78, 5) is 4.28. The second-order valence-corrected chi connectivity index (χ2v) is 6.55. The minimum atomic E-state index is -3.11. The quantitative estimate of drug-likeness (QED) is 0.654. The zero-order valence-corrected chi connectivity index (χ0v) is 13.6. The van der Waals surface area contributed by atoms with Crippen LogP contribution < -0.4 is 0 Å². The molecule has 4 rings (SSSR count). The van der Waals surface area contributed by atoms with Crippen molar-refractivity contribution in [1.29, 1.82) is 0 Å². The summed E-state index contributed by atoms with van der Waals surface area (Å²) in [5.74, 6) is -3.59. The fourth-order valence-corrected chi connectivity index (χ4v) is 3.05. The summed E-state index contributed by atoms with van der Waals surface area (Å²) < 4.78 is 43.3. The monoisotopic (exact) mass is 341 g/mol. The summed E-state index contributed by atoms with van der Waals surface area (Å²) >= 11 is 0. The lowest BCUT2D eigenvalue weighted by Crippen LogP contribution is -2.44. The van der Waals surface area contributed by atoms with Crippen molar-refractivity contribution in [3.63, 3.8) is 0 Å². The first-order chi connectivity index (χ1) is 11.8. The normalized spacial score (nSPS) is 17.9. The van der Waals surface area contributed by atoms with E-state index in [0.29, 0.717) is 22.4 Å². The number of halogens is 3. The predicted octanol–water partition coefficient (Wildman–Crippen LogP) is 4.49. The summed E-state index contributed by atoms with van der Waals surface area (Å²) in [5, 5.41) is 8.50. The first kappa shape index (κ1) is 15.7. The zero-order chi connectivity index (χ0) is 17.8. The van der Waals surface area contributed by atoms with E-state index < -0.39 is 17.3 Å². The van der Waals surface area contributed by atoms with E-state index in [1.54, 1.807) is 36.4 Å². The lowest BCUT2D eigenvalue weighted by Gasteiger charge is -2.36. The molecule has 6 heteroatoms. The van der Waals surface area contributed by atoms with Gasteiger partial charge >= 0.3 is 0 Å². The summed E-state index contributed by atoms with van der Waals surface area (Å²) in [7, 11) is 0. The van der Waals surface area contributed by atoms with Gasteiger partial charge < -0.3 is 0 Å². The summed E-state index contributed by atoms with van der Waals surface area (Å²) in [6, 6.07) is 12.4. The molecule has 3 nitrogen and oxygen atoms in total. The summed E-state index contributed by atoms with van der Waals surface area (Å²) in [5.41, 5.74) is -0.585. The highest BCUT2D eigenvalue weighted by Crippen LogP contribution is 2.46. The topological polar surface area (TPSA) is 38.1 Å². The van der Waals surface area contributed by atoms with Gasteiger partial charge in [0.05, 0.1) is 5.71 Å². The van der Waals surface area contributed by atoms with Crippen LogP contribution in [0.3, 0.4) is 0 Å². The third kappa shape index (κ3) is 2.24. The molecule has 2 heterocycles. The van der Waals surface area contributed by atoms with Crippen molar-refractivity contribution >= 4 is 16.6 Å². The smallest absolute Gasteiger partial charge is 0.270 e. The number of alkyl halides is 2. The highest BCUT2D eigenvalue weighted by atomic mass is 19.3. The SMILES string of the molecule is CC1(C)N=C(c2cc3cccc(F)c3nn2)c2ccccc2C1(F)F. The molecule has 0 radical (unpaired) electrons. The van der Waals surface area contributed by atoms with Crippen molar-refractivity contribution in [3.8, 4) is 0 Å². The molecule has 25 heavy (non-hydrogen) atoms. The van der Waals surface area contributed by atoms with E-state index in [9.17, 15) is 13.2 Å². The largest absolute Gasteiger partial charge is 0.297 e. The van der Waals surface area contributed by atoms with Crippen LogP contribution in [0.15, 0.2) is 53.5 Å². The number of aliphatic imine (C=N–C) groups is 1. The van der Waals surface area contributed by atoms with Gasteiger partial charge in [-0.25, -0.2) is 4.39 Å². The maximum atomic E-state index is 14.8. The molecule has 0 fully saturated rings. The Kier molecular flexibility index (Phi) is 3.22. The van der Waals surface area contributed by atoms with Gasteiger partial charge in [0.2, 0.25) is 0 Å². The van der Waals surface area contributed by atoms with Crippen molar-refractivity contribution in [3.05, 3.63) is 71.2 Å². The first-order valence-electron chi connectivity index (χ1n) is 7.81. The van der Waals surface area contributed by atoms with Gasteiger partial charge in [0.25, 0.3) is 5.92 Å². The molecule has 2 aromatic carbocycles. The molecule has 0 atom stereocenters. The highest BCUT2D eigenvalue weighted by Gasteiger charge is 2.52. The predicted molar refractivity (Wildman–Crippen MR) is 89.6 cm³/mol. The fourth-order valence-electron chi connectivity index (χ4n) is 3.05. The maximum absolute atomic E-state index is 14.8. The van der Waals surface area contributed by atoms with E-state index in [1.165, 1.54) is 26.0 Å². The summed E-state index contributed by atoms with van der Waals surface area (Å²) in [6.45, 7) is 2.77. The van der Waals surface area contributed by atoms with E-state index in [0.717, 1.165) is 0 Å². The Morgan fingerprint density at radius 2 is 1.68 bits per heavy atom. The Morgan fingerprint density at radius 3 is 2.48 bits per heavy atom. The number of benzene rings is 2. The number of fused-ring (bicyclic) bond motifs is 2. The molecular formula is C19H14F3N3. The van der Waals surface area contributed by atoms with Crippen molar-refractivity contribution in [1.82, 2.24) is 10.2 Å². The Balaban J connectivity index is 1.97. The highest BCUT2D eigenvalue weighted by molar-refractivity contribution is 6.14. The van der Waals surface area contributed by atoms with Crippen LogP contribution in [0.4, 0.5) is 13.2 Å². The average molecular weight is 341 g/mol. The van der Waals surface area contributed by atoms with Crippen LogP contribution >= 0.6 is 0 Å². The molecule has 0 amide bonds. The molecule has 0 N–H and O–H groups in total. The van der Waals surface area contributed by atoms with Crippen molar-refractivity contribution in [2.45, 2.75) is 25.3 Å². The van der Waals surface area contributed by atoms with Gasteiger partial charge in [-0.3, -0.25) is 4.99 Å². The van der Waals surface area contributed by atoms with Crippen LogP contribution in [-0.4, -0.2) is 21.4 Å². The van der Waals surface area contributed by atoms with Gasteiger partial charge in [-0.05, 0) is 26.0 Å². The second kappa shape index (κ2) is 5.12. The molecule has 126 valence electrons. The third-order valence-electron chi connectivity index (χ3n) is 4.49. The van der Waals surface area contributed by atoms with Gasteiger partial charge in [0, 0.05) is 16.5 Å². The number of nitrogens with zero attached hydrogens (tertiary/aromatic N) is 3. The summed E-state index contributed by atoms with van der Waals surface area (Å²) in [6.07, 6.45) is 0. The average Bonchev–Trinajstić information content (AvgIpc) is 2.58. The van der Waals surface area contributed by atoms with Gasteiger partial charge in [-0.2, -0.15) is 8.78 Å². The van der Waals surface area contributed by atoms with E-state index in [4.69, 9.17) is 0 Å². The molecule has 1 aliphatic heterocycles. The fraction of sp³-hybridized carbons (Fsp3) is 0.211. The number of hydrogen-bond acceptors (Lipinski definition) is 3. The van der Waals surface area contributed by atoms with Gasteiger partial charge in [-0.15, -0.1) is 10.2 Å². The maximum Gasteiger partial charge on any atom is 0.297 e. The first-order valence-corrected chi connectivity index (χ1v) is 7.81. The van der Waals surface area contributed by atoms with E-state index in [1.807, 2.05) is 0 Å². The Labute approximate surface area is 142 Å². The van der Waals surface area contributed by atoms with Crippen LogP contribution in [0.2, 0.25) is 0 Å². The van der Waals surface area contributed by atoms with Crippen LogP contribution in [0, 0.1) is 5.82 Å². The van der Waals surface area contributed by atoms with E-state index in [2.05, 4.69) is 15.2 Å². The standard InChI is InChI=1S/C19H14F3N3/c1-18(2)19(21,22)13-8-4-3-7-12(13)17(23-18)15-10-11-6-5-9-14(20)16(11)25-24-15/h3-10H,1-2H3. The number of hydrogen-bond donors (Lipinski definition) is 0. The number of rotatable bonds is 1. The van der Waals surface area contributed by atoms with E-state index >= 15 is 0 Å². The Hall–Kier alpha value is -2.76. The molecule has 0 bridgehead atoms. The molecular weight excluding hydrogens is 327 g/mol. The van der Waals surface area contributed by atoms with Crippen LogP contribution in [-0.2, 0) is 5.92 Å². The van der Waals surface area contributed by atoms with Crippen molar-refractivity contribution < 1.29 is 13.2 Å². The molecule has 0 spiro atoms. The van der Waals surface area contributed by atoms with Crippen LogP contribution in [0.1, 0.15) is 30.7 Å². The Morgan fingerprint density at radius 1 is 0.920 bits per heavy atom. The lowest BCUT2D eigenvalue weighted by molar-refractivity contribution is -0.0682. The molecule has 0 unspecified atom stereocenters. The van der Waals surface area contributed by atoms with Gasteiger partial charge in [0.1, 0.15) is 16.7 Å². The minimum Gasteiger partial charge on any atom is -0.270 e. The van der Waals surface area contributed by atoms with Gasteiger partial charge in [0.15, 0.2) is 5.82 Å². The van der Waals surface area contributed by atoms with E-state index in [-0.39, 0.29) is 11.1 Å². The molecule has 0 saturated heterocycles. The lowest BCUT2D eigenvalue weighted by atomic mass is 9.82. The van der Waals surface area contributed by atoms with Crippen molar-refractivity contribution in [2.75, 3.05) is 0 Å². The molecule has 3 aromatic rings. The van der Waals surface area contributed by atoms with Crippen molar-refractivity contribution in [2.24, 2.45) is 4.99 Å².